The van der Waals surface area contributed by atoms with E-state index in [0.29, 0.717) is 22.9 Å². The molecule has 0 spiro atoms. The molecule has 184 valence electrons. The van der Waals surface area contributed by atoms with E-state index in [1.54, 1.807) is 14.1 Å². The van der Waals surface area contributed by atoms with Gasteiger partial charge in [0.2, 0.25) is 0 Å². The van der Waals surface area contributed by atoms with Crippen molar-refractivity contribution in [1.29, 1.82) is 0 Å². The second-order valence-corrected chi connectivity index (χ2v) is 11.4. The number of anilines is 2. The zero-order valence-electron chi connectivity index (χ0n) is 22.0. The van der Waals surface area contributed by atoms with Gasteiger partial charge in [-0.3, -0.25) is 0 Å². The largest absolute Gasteiger partial charge is 0.452 e. The highest BCUT2D eigenvalue weighted by molar-refractivity contribution is 5.94. The van der Waals surface area contributed by atoms with Gasteiger partial charge >= 0.3 is 12.1 Å². The van der Waals surface area contributed by atoms with E-state index in [2.05, 4.69) is 88.8 Å². The van der Waals surface area contributed by atoms with Gasteiger partial charge in [0.25, 0.3) is 0 Å². The number of hydrogen-bond acceptors (Lipinski definition) is 3. The van der Waals surface area contributed by atoms with E-state index in [4.69, 9.17) is 4.74 Å². The Morgan fingerprint density at radius 1 is 0.706 bits per heavy atom. The van der Waals surface area contributed by atoms with E-state index in [-0.39, 0.29) is 22.9 Å². The number of ether oxygens (including phenoxy) is 1. The van der Waals surface area contributed by atoms with Crippen molar-refractivity contribution in [2.75, 3.05) is 24.7 Å². The number of nitrogens with one attached hydrogen (secondary N) is 4. The van der Waals surface area contributed by atoms with Crippen LogP contribution in [0.2, 0.25) is 0 Å². The van der Waals surface area contributed by atoms with E-state index in [1.807, 2.05) is 12.1 Å². The smallest absolute Gasteiger partial charge is 0.319 e. The normalized spacial score (nSPS) is 14.3. The summed E-state index contributed by atoms with van der Waals surface area (Å²) in [6.45, 7) is 17.2. The first-order chi connectivity index (χ1) is 15.6. The van der Waals surface area contributed by atoms with Gasteiger partial charge in [0.1, 0.15) is 0 Å². The zero-order valence-corrected chi connectivity index (χ0v) is 22.0. The molecule has 1 aliphatic heterocycles. The van der Waals surface area contributed by atoms with Crippen molar-refractivity contribution in [2.24, 2.45) is 0 Å². The molecule has 1 aliphatic rings. The maximum absolute atomic E-state index is 12.3. The second kappa shape index (κ2) is 8.53. The van der Waals surface area contributed by atoms with E-state index < -0.39 is 5.41 Å². The lowest BCUT2D eigenvalue weighted by atomic mass is 9.71. The van der Waals surface area contributed by atoms with E-state index >= 15 is 0 Å². The van der Waals surface area contributed by atoms with Crippen molar-refractivity contribution in [1.82, 2.24) is 10.6 Å². The van der Waals surface area contributed by atoms with E-state index in [9.17, 15) is 9.59 Å². The number of amides is 4. The molecule has 7 nitrogen and oxygen atoms in total. The molecule has 0 aliphatic carbocycles. The zero-order chi connectivity index (χ0) is 25.6. The standard InChI is InChI=1S/C27H38N4O3/c1-25(2,3)15-11-17-21(19(13-15)30-23(32)28-9)34-22-18(27(17,7)8)12-16(26(4,5)6)14-20(22)31-24(33)29-10/h11-14H,1-10H3,(H2,28,30,32)(H2,29,31,33). The Morgan fingerprint density at radius 3 is 1.35 bits per heavy atom. The Balaban J connectivity index is 2.34. The van der Waals surface area contributed by atoms with Gasteiger partial charge < -0.3 is 26.0 Å². The Kier molecular flexibility index (Phi) is 6.37. The molecule has 34 heavy (non-hydrogen) atoms. The van der Waals surface area contributed by atoms with Crippen LogP contribution in [0.15, 0.2) is 24.3 Å². The molecule has 0 bridgehead atoms. The van der Waals surface area contributed by atoms with Crippen LogP contribution in [0.25, 0.3) is 0 Å². The van der Waals surface area contributed by atoms with Gasteiger partial charge in [-0.05, 0) is 34.1 Å². The van der Waals surface area contributed by atoms with E-state index in [0.717, 1.165) is 22.3 Å². The van der Waals surface area contributed by atoms with Gasteiger partial charge in [-0.15, -0.1) is 0 Å². The summed E-state index contributed by atoms with van der Waals surface area (Å²) in [7, 11) is 3.16. The summed E-state index contributed by atoms with van der Waals surface area (Å²) in [5.41, 5.74) is 4.60. The Hall–Kier alpha value is -3.22. The number of benzene rings is 2. The molecule has 0 atom stereocenters. The third-order valence-electron chi connectivity index (χ3n) is 6.41. The second-order valence-electron chi connectivity index (χ2n) is 11.4. The number of fused-ring (bicyclic) bond motifs is 2. The predicted molar refractivity (Wildman–Crippen MR) is 139 cm³/mol. The lowest BCUT2D eigenvalue weighted by Crippen LogP contribution is -2.31. The molecule has 0 fully saturated rings. The van der Waals surface area contributed by atoms with Crippen LogP contribution in [0.4, 0.5) is 21.0 Å². The fourth-order valence-electron chi connectivity index (χ4n) is 4.07. The fourth-order valence-corrected chi connectivity index (χ4v) is 4.07. The predicted octanol–water partition coefficient (Wildman–Crippen LogP) is 6.22. The lowest BCUT2D eigenvalue weighted by Gasteiger charge is -2.39. The minimum atomic E-state index is -0.455. The molecule has 1 heterocycles. The third kappa shape index (κ3) is 4.69. The summed E-state index contributed by atoms with van der Waals surface area (Å²) in [5, 5.41) is 11.1. The van der Waals surface area contributed by atoms with Gasteiger partial charge in [0, 0.05) is 30.6 Å². The topological polar surface area (TPSA) is 91.5 Å². The lowest BCUT2D eigenvalue weighted by molar-refractivity contribution is 0.253. The van der Waals surface area contributed by atoms with Gasteiger partial charge in [-0.1, -0.05) is 67.5 Å². The Bertz CT molecular complexity index is 1050. The SMILES string of the molecule is CNC(=O)Nc1cc(C(C)(C)C)cc2c1Oc1c(NC(=O)NC)cc(C(C)(C)C)cc1C2(C)C. The molecule has 3 rings (SSSR count). The van der Waals surface area contributed by atoms with Crippen LogP contribution in [-0.4, -0.2) is 26.2 Å². The molecule has 2 aromatic carbocycles. The molecule has 4 N–H and O–H groups in total. The van der Waals surface area contributed by atoms with Crippen molar-refractivity contribution in [2.45, 2.75) is 71.6 Å². The maximum atomic E-state index is 12.3. The average Bonchev–Trinajstić information content (AvgIpc) is 2.72. The molecular formula is C27H38N4O3. The maximum Gasteiger partial charge on any atom is 0.319 e. The van der Waals surface area contributed by atoms with Crippen LogP contribution in [-0.2, 0) is 16.2 Å². The van der Waals surface area contributed by atoms with Gasteiger partial charge in [-0.25, -0.2) is 9.59 Å². The highest BCUT2D eigenvalue weighted by atomic mass is 16.5. The molecule has 0 unspecified atom stereocenters. The van der Waals surface area contributed by atoms with Crippen molar-refractivity contribution in [3.8, 4) is 11.5 Å². The number of hydrogen-bond donors (Lipinski definition) is 4. The molecule has 4 amide bonds. The average molecular weight is 467 g/mol. The third-order valence-corrected chi connectivity index (χ3v) is 6.41. The highest BCUT2D eigenvalue weighted by Gasteiger charge is 2.39. The minimum Gasteiger partial charge on any atom is -0.452 e. The van der Waals surface area contributed by atoms with Crippen LogP contribution >= 0.6 is 0 Å². The summed E-state index contributed by atoms with van der Waals surface area (Å²) in [4.78, 5) is 24.6. The first kappa shape index (κ1) is 25.4. The number of carbonyl (C=O) groups is 2. The first-order valence-corrected chi connectivity index (χ1v) is 11.6. The first-order valence-electron chi connectivity index (χ1n) is 11.6. The van der Waals surface area contributed by atoms with Crippen LogP contribution in [0.5, 0.6) is 11.5 Å². The van der Waals surface area contributed by atoms with Gasteiger partial charge in [0.15, 0.2) is 11.5 Å². The summed E-state index contributed by atoms with van der Waals surface area (Å²) >= 11 is 0. The van der Waals surface area contributed by atoms with Crippen molar-refractivity contribution in [3.05, 3.63) is 46.5 Å². The summed E-state index contributed by atoms with van der Waals surface area (Å²) in [5.74, 6) is 1.16. The number of carbonyl (C=O) groups excluding carboxylic acids is 2. The minimum absolute atomic E-state index is 0.135. The number of urea groups is 2. The molecule has 2 aromatic rings. The highest BCUT2D eigenvalue weighted by Crippen LogP contribution is 2.55. The molecule has 0 radical (unpaired) electrons. The van der Waals surface area contributed by atoms with Crippen molar-refractivity contribution < 1.29 is 14.3 Å². The monoisotopic (exact) mass is 466 g/mol. The summed E-state index contributed by atoms with van der Waals surface area (Å²) < 4.78 is 6.52. The summed E-state index contributed by atoms with van der Waals surface area (Å²) in [6.07, 6.45) is 0. The van der Waals surface area contributed by atoms with Crippen LogP contribution < -0.4 is 26.0 Å². The number of rotatable bonds is 2. The fraction of sp³-hybridized carbons (Fsp3) is 0.481. The molecule has 7 heteroatoms. The van der Waals surface area contributed by atoms with Crippen LogP contribution in [0.3, 0.4) is 0 Å². The van der Waals surface area contributed by atoms with Gasteiger partial charge in [-0.2, -0.15) is 0 Å². The molecule has 0 saturated carbocycles. The van der Waals surface area contributed by atoms with E-state index in [1.165, 1.54) is 0 Å². The van der Waals surface area contributed by atoms with Crippen LogP contribution in [0, 0.1) is 0 Å². The van der Waals surface area contributed by atoms with Crippen molar-refractivity contribution >= 4 is 23.4 Å². The van der Waals surface area contributed by atoms with Crippen LogP contribution in [0.1, 0.15) is 77.6 Å². The molecule has 0 saturated heterocycles. The van der Waals surface area contributed by atoms with Gasteiger partial charge in [0.05, 0.1) is 11.4 Å². The van der Waals surface area contributed by atoms with Crippen molar-refractivity contribution in [3.63, 3.8) is 0 Å². The quantitative estimate of drug-likeness (QED) is 0.424. The molecule has 0 aromatic heterocycles. The Labute approximate surface area is 203 Å². The summed E-state index contributed by atoms with van der Waals surface area (Å²) in [6, 6.07) is 7.61. The molecular weight excluding hydrogens is 428 g/mol. The Morgan fingerprint density at radius 2 is 1.06 bits per heavy atom.